The number of rotatable bonds is 3. The molecule has 21 heavy (non-hydrogen) atoms. The molecule has 6 nitrogen and oxygen atoms in total. The van der Waals surface area contributed by atoms with Gasteiger partial charge in [0.2, 0.25) is 0 Å². The molecule has 0 aromatic heterocycles. The summed E-state index contributed by atoms with van der Waals surface area (Å²) in [7, 11) is 0. The topological polar surface area (TPSA) is 89.5 Å². The molecule has 0 saturated carbocycles. The van der Waals surface area contributed by atoms with Crippen LogP contribution < -0.4 is 5.73 Å². The summed E-state index contributed by atoms with van der Waals surface area (Å²) in [6.45, 7) is 5.08. The summed E-state index contributed by atoms with van der Waals surface area (Å²) in [5, 5.41) is 10.8. The van der Waals surface area contributed by atoms with Gasteiger partial charge in [0.1, 0.15) is 0 Å². The number of benzene rings is 1. The number of non-ortho nitro benzene ring substituents is 1. The lowest BCUT2D eigenvalue weighted by Gasteiger charge is -2.34. The summed E-state index contributed by atoms with van der Waals surface area (Å²) in [4.78, 5) is 24.7. The molecule has 1 aromatic rings. The van der Waals surface area contributed by atoms with Gasteiger partial charge in [-0.1, -0.05) is 0 Å². The van der Waals surface area contributed by atoms with Crippen LogP contribution >= 0.6 is 0 Å². The molecular formula is C15H21N3O3. The maximum absolute atomic E-state index is 12.6. The van der Waals surface area contributed by atoms with Gasteiger partial charge in [-0.25, -0.2) is 0 Å². The monoisotopic (exact) mass is 291 g/mol. The molecule has 0 aliphatic carbocycles. The molecule has 2 N–H and O–H groups in total. The highest BCUT2D eigenvalue weighted by atomic mass is 16.6. The van der Waals surface area contributed by atoms with Crippen molar-refractivity contribution in [2.45, 2.75) is 32.7 Å². The molecule has 6 heteroatoms. The summed E-state index contributed by atoms with van der Waals surface area (Å²) < 4.78 is 0. The fourth-order valence-electron chi connectivity index (χ4n) is 2.80. The minimum Gasteiger partial charge on any atom is -0.338 e. The lowest BCUT2D eigenvalue weighted by atomic mass is 9.91. The van der Waals surface area contributed by atoms with Crippen LogP contribution in [0.1, 0.15) is 35.7 Å². The molecule has 1 aliphatic heterocycles. The van der Waals surface area contributed by atoms with E-state index < -0.39 is 4.92 Å². The molecule has 2 rings (SSSR count). The van der Waals surface area contributed by atoms with Crippen LogP contribution in [0.3, 0.4) is 0 Å². The number of aryl methyl sites for hydroxylation is 1. The number of likely N-dealkylation sites (tertiary alicyclic amines) is 1. The predicted octanol–water partition coefficient (Wildman–Crippen LogP) is 2.10. The molecule has 1 heterocycles. The molecule has 2 atom stereocenters. The Balaban J connectivity index is 2.18. The van der Waals surface area contributed by atoms with Crippen molar-refractivity contribution < 1.29 is 9.72 Å². The van der Waals surface area contributed by atoms with E-state index in [4.69, 9.17) is 5.73 Å². The summed E-state index contributed by atoms with van der Waals surface area (Å²) in [6.07, 6.45) is 1.99. The van der Waals surface area contributed by atoms with E-state index in [-0.39, 0.29) is 17.6 Å². The van der Waals surface area contributed by atoms with Gasteiger partial charge in [0.05, 0.1) is 4.92 Å². The number of nitrogens with zero attached hydrogens (tertiary/aromatic N) is 2. The molecule has 2 unspecified atom stereocenters. The Morgan fingerprint density at radius 3 is 2.81 bits per heavy atom. The lowest BCUT2D eigenvalue weighted by molar-refractivity contribution is -0.384. The molecule has 114 valence electrons. The van der Waals surface area contributed by atoms with E-state index in [0.29, 0.717) is 23.6 Å². The van der Waals surface area contributed by atoms with Crippen molar-refractivity contribution in [1.29, 1.82) is 0 Å². The fraction of sp³-hybridized carbons (Fsp3) is 0.533. The van der Waals surface area contributed by atoms with Crippen LogP contribution in [-0.4, -0.2) is 34.9 Å². The smallest absolute Gasteiger partial charge is 0.269 e. The zero-order valence-corrected chi connectivity index (χ0v) is 12.4. The van der Waals surface area contributed by atoms with Crippen LogP contribution in [0.15, 0.2) is 18.2 Å². The number of piperidine rings is 1. The Morgan fingerprint density at radius 1 is 1.52 bits per heavy atom. The second kappa shape index (κ2) is 6.22. The minimum absolute atomic E-state index is 0.0103. The Hall–Kier alpha value is -1.95. The van der Waals surface area contributed by atoms with Crippen LogP contribution in [0.5, 0.6) is 0 Å². The molecule has 1 saturated heterocycles. The van der Waals surface area contributed by atoms with Gasteiger partial charge < -0.3 is 10.6 Å². The van der Waals surface area contributed by atoms with Crippen LogP contribution in [0, 0.1) is 23.0 Å². The van der Waals surface area contributed by atoms with E-state index >= 15 is 0 Å². The minimum atomic E-state index is -0.450. The van der Waals surface area contributed by atoms with Crippen molar-refractivity contribution in [2.24, 2.45) is 11.7 Å². The molecule has 1 amide bonds. The first-order chi connectivity index (χ1) is 9.90. The normalized spacial score (nSPS) is 20.1. The molecular weight excluding hydrogens is 270 g/mol. The Morgan fingerprint density at radius 2 is 2.24 bits per heavy atom. The zero-order valence-electron chi connectivity index (χ0n) is 12.4. The van der Waals surface area contributed by atoms with Gasteiger partial charge in [-0.2, -0.15) is 0 Å². The lowest BCUT2D eigenvalue weighted by Crippen LogP contribution is -2.45. The Kier molecular flexibility index (Phi) is 4.57. The molecule has 0 bridgehead atoms. The second-order valence-electron chi connectivity index (χ2n) is 5.77. The number of hydrogen-bond acceptors (Lipinski definition) is 4. The second-order valence-corrected chi connectivity index (χ2v) is 5.77. The molecule has 1 aliphatic rings. The Bertz CT molecular complexity index is 557. The van der Waals surface area contributed by atoms with Gasteiger partial charge in [0.15, 0.2) is 0 Å². The third-order valence-electron chi connectivity index (χ3n) is 4.14. The number of nitro groups is 1. The van der Waals surface area contributed by atoms with Crippen LogP contribution in [0.25, 0.3) is 0 Å². The average Bonchev–Trinajstić information content (AvgIpc) is 2.46. The fourth-order valence-corrected chi connectivity index (χ4v) is 2.80. The van der Waals surface area contributed by atoms with Gasteiger partial charge in [-0.15, -0.1) is 0 Å². The van der Waals surface area contributed by atoms with Gasteiger partial charge in [-0.3, -0.25) is 14.9 Å². The summed E-state index contributed by atoms with van der Waals surface area (Å²) in [5.74, 6) is 0.258. The third-order valence-corrected chi connectivity index (χ3v) is 4.14. The van der Waals surface area contributed by atoms with Crippen LogP contribution in [0.4, 0.5) is 5.69 Å². The van der Waals surface area contributed by atoms with Crippen molar-refractivity contribution in [2.75, 3.05) is 13.1 Å². The molecule has 0 radical (unpaired) electrons. The maximum atomic E-state index is 12.6. The average molecular weight is 291 g/mol. The number of nitro benzene ring substituents is 1. The summed E-state index contributed by atoms with van der Waals surface area (Å²) in [5.41, 5.74) is 7.12. The highest BCUT2D eigenvalue weighted by molar-refractivity contribution is 5.96. The van der Waals surface area contributed by atoms with Crippen molar-refractivity contribution in [3.05, 3.63) is 39.4 Å². The van der Waals surface area contributed by atoms with E-state index in [0.717, 1.165) is 19.4 Å². The summed E-state index contributed by atoms with van der Waals surface area (Å²) >= 11 is 0. The number of amides is 1. The zero-order chi connectivity index (χ0) is 15.6. The van der Waals surface area contributed by atoms with Crippen LogP contribution in [-0.2, 0) is 0 Å². The largest absolute Gasteiger partial charge is 0.338 e. The van der Waals surface area contributed by atoms with Crippen molar-refractivity contribution in [3.63, 3.8) is 0 Å². The molecule has 1 fully saturated rings. The summed E-state index contributed by atoms with van der Waals surface area (Å²) in [6, 6.07) is 4.44. The molecule has 1 aromatic carbocycles. The number of carbonyl (C=O) groups excluding carboxylic acids is 1. The maximum Gasteiger partial charge on any atom is 0.269 e. The quantitative estimate of drug-likeness (QED) is 0.682. The van der Waals surface area contributed by atoms with Crippen LogP contribution in [0.2, 0.25) is 0 Å². The van der Waals surface area contributed by atoms with E-state index in [1.54, 1.807) is 13.0 Å². The van der Waals surface area contributed by atoms with E-state index in [1.165, 1.54) is 12.1 Å². The van der Waals surface area contributed by atoms with Gasteiger partial charge in [0.25, 0.3) is 11.6 Å². The first-order valence-electron chi connectivity index (χ1n) is 7.20. The van der Waals surface area contributed by atoms with Crippen molar-refractivity contribution in [3.8, 4) is 0 Å². The first kappa shape index (κ1) is 15.4. The predicted molar refractivity (Wildman–Crippen MR) is 80.1 cm³/mol. The van der Waals surface area contributed by atoms with E-state index in [9.17, 15) is 14.9 Å². The third kappa shape index (κ3) is 3.39. The van der Waals surface area contributed by atoms with E-state index in [2.05, 4.69) is 0 Å². The van der Waals surface area contributed by atoms with Gasteiger partial charge in [0, 0.05) is 36.8 Å². The number of carbonyl (C=O) groups is 1. The van der Waals surface area contributed by atoms with Gasteiger partial charge in [-0.05, 0) is 44.2 Å². The number of hydrogen-bond donors (Lipinski definition) is 1. The highest BCUT2D eigenvalue weighted by Crippen LogP contribution is 2.23. The SMILES string of the molecule is Cc1cc([N+](=O)[O-])ccc1C(=O)N1CCCC(C(C)N)C1. The molecule has 0 spiro atoms. The van der Waals surface area contributed by atoms with Crippen molar-refractivity contribution >= 4 is 11.6 Å². The van der Waals surface area contributed by atoms with Gasteiger partial charge >= 0.3 is 0 Å². The first-order valence-corrected chi connectivity index (χ1v) is 7.20. The van der Waals surface area contributed by atoms with Crippen molar-refractivity contribution in [1.82, 2.24) is 4.90 Å². The number of nitrogens with two attached hydrogens (primary N) is 1. The van der Waals surface area contributed by atoms with E-state index in [1.807, 2.05) is 11.8 Å². The Labute approximate surface area is 124 Å². The standard InChI is InChI=1S/C15H21N3O3/c1-10-8-13(18(20)21)5-6-14(10)15(19)17-7-3-4-12(9-17)11(2)16/h5-6,8,11-12H,3-4,7,9,16H2,1-2H3. The highest BCUT2D eigenvalue weighted by Gasteiger charge is 2.27.